The molecule has 0 saturated heterocycles. The molecule has 0 aromatic heterocycles. The number of nitrogens with zero attached hydrogens (tertiary/aromatic N) is 4. The molecule has 10 nitrogen and oxygen atoms in total. The van der Waals surface area contributed by atoms with Gasteiger partial charge in [0.15, 0.2) is 11.6 Å². The van der Waals surface area contributed by atoms with E-state index in [1.807, 2.05) is 64.1 Å². The van der Waals surface area contributed by atoms with Crippen molar-refractivity contribution in [1.82, 2.24) is 0 Å². The van der Waals surface area contributed by atoms with Gasteiger partial charge in [-0.1, -0.05) is 59.6 Å². The fraction of sp³-hybridized carbons (Fsp3) is 0.222. The molecule has 4 aromatic rings. The van der Waals surface area contributed by atoms with E-state index in [2.05, 4.69) is 31.1 Å². The Morgan fingerprint density at radius 2 is 1.08 bits per heavy atom. The lowest BCUT2D eigenvalue weighted by molar-refractivity contribution is -0.127. The zero-order valence-electron chi connectivity index (χ0n) is 27.3. The van der Waals surface area contributed by atoms with Crippen molar-refractivity contribution >= 4 is 69.3 Å². The van der Waals surface area contributed by atoms with Gasteiger partial charge in [0.25, 0.3) is 11.8 Å². The molecule has 2 unspecified atom stereocenters. The smallest absolute Gasteiger partial charge is 0.258 e. The molecule has 0 fully saturated rings. The fourth-order valence-electron chi connectivity index (χ4n) is 4.57. The van der Waals surface area contributed by atoms with Gasteiger partial charge >= 0.3 is 0 Å². The Labute approximate surface area is 288 Å². The van der Waals surface area contributed by atoms with Crippen LogP contribution in [0.4, 0.5) is 22.7 Å². The Hall–Kier alpha value is -5.06. The molecular weight excluding hydrogens is 651 g/mol. The van der Waals surface area contributed by atoms with Gasteiger partial charge < -0.3 is 10.6 Å². The second-order valence-electron chi connectivity index (χ2n) is 11.4. The summed E-state index contributed by atoms with van der Waals surface area (Å²) in [4.78, 5) is 50.3. The van der Waals surface area contributed by atoms with Crippen LogP contribution in [0.3, 0.4) is 0 Å². The van der Waals surface area contributed by atoms with E-state index in [0.717, 1.165) is 22.3 Å². The highest BCUT2D eigenvalue weighted by molar-refractivity contribution is 6.37. The molecule has 4 aromatic carbocycles. The average molecular weight is 686 g/mol. The predicted molar refractivity (Wildman–Crippen MR) is 189 cm³/mol. The molecular formula is C36H34Cl2N6O4. The lowest BCUT2D eigenvalue weighted by Gasteiger charge is -2.12. The number of rotatable bonds is 11. The van der Waals surface area contributed by atoms with E-state index >= 15 is 0 Å². The SMILES string of the molecule is CC(=O)C(N=Nc1ccc(-c2cc(Cl)c(N=NC(C(C)=O)C(=O)Nc3cc(C)ccc3C)cc2Cl)cc1)C(=O)Nc1cc(C)ccc1C. The van der Waals surface area contributed by atoms with Crippen LogP contribution in [0, 0.1) is 27.7 Å². The van der Waals surface area contributed by atoms with E-state index < -0.39 is 35.5 Å². The van der Waals surface area contributed by atoms with Gasteiger partial charge in [-0.15, -0.1) is 0 Å². The van der Waals surface area contributed by atoms with Crippen molar-refractivity contribution in [3.05, 3.63) is 105 Å². The summed E-state index contributed by atoms with van der Waals surface area (Å²) in [5.74, 6) is -2.14. The molecule has 0 saturated carbocycles. The van der Waals surface area contributed by atoms with E-state index in [-0.39, 0.29) is 10.7 Å². The fourth-order valence-corrected chi connectivity index (χ4v) is 5.03. The summed E-state index contributed by atoms with van der Waals surface area (Å²) in [6.45, 7) is 10.1. The number of benzene rings is 4. The molecule has 0 aliphatic rings. The third kappa shape index (κ3) is 9.05. The maximum Gasteiger partial charge on any atom is 0.258 e. The summed E-state index contributed by atoms with van der Waals surface area (Å²) in [6, 6.07) is 18.4. The first kappa shape index (κ1) is 35.8. The van der Waals surface area contributed by atoms with Gasteiger partial charge in [-0.3, -0.25) is 19.2 Å². The summed E-state index contributed by atoms with van der Waals surface area (Å²) in [5.41, 5.74) is 6.65. The van der Waals surface area contributed by atoms with Crippen molar-refractivity contribution in [2.75, 3.05) is 10.6 Å². The molecule has 2 amide bonds. The van der Waals surface area contributed by atoms with Gasteiger partial charge in [-0.25, -0.2) is 0 Å². The van der Waals surface area contributed by atoms with Crippen molar-refractivity contribution in [3.8, 4) is 11.1 Å². The second kappa shape index (κ2) is 15.7. The van der Waals surface area contributed by atoms with Gasteiger partial charge in [0.05, 0.1) is 15.7 Å². The van der Waals surface area contributed by atoms with Gasteiger partial charge in [0, 0.05) is 16.9 Å². The molecule has 246 valence electrons. The number of anilines is 2. The largest absolute Gasteiger partial charge is 0.324 e. The Morgan fingerprint density at radius 1 is 0.604 bits per heavy atom. The molecule has 0 spiro atoms. The molecule has 0 heterocycles. The summed E-state index contributed by atoms with van der Waals surface area (Å²) in [6.07, 6.45) is 0. The first-order chi connectivity index (χ1) is 22.7. The molecule has 4 rings (SSSR count). The van der Waals surface area contributed by atoms with Crippen LogP contribution in [-0.4, -0.2) is 35.5 Å². The Kier molecular flexibility index (Phi) is 11.7. The minimum absolute atomic E-state index is 0.177. The van der Waals surface area contributed by atoms with Crippen molar-refractivity contribution in [1.29, 1.82) is 0 Å². The average Bonchev–Trinajstić information content (AvgIpc) is 3.02. The summed E-state index contributed by atoms with van der Waals surface area (Å²) < 4.78 is 0. The number of amides is 2. The maximum atomic E-state index is 12.9. The van der Waals surface area contributed by atoms with Gasteiger partial charge in [0.1, 0.15) is 5.69 Å². The summed E-state index contributed by atoms with van der Waals surface area (Å²) in [5, 5.41) is 22.2. The molecule has 48 heavy (non-hydrogen) atoms. The monoisotopic (exact) mass is 684 g/mol. The quantitative estimate of drug-likeness (QED) is 0.120. The minimum Gasteiger partial charge on any atom is -0.324 e. The lowest BCUT2D eigenvalue weighted by Crippen LogP contribution is -2.32. The summed E-state index contributed by atoms with van der Waals surface area (Å²) in [7, 11) is 0. The predicted octanol–water partition coefficient (Wildman–Crippen LogP) is 9.25. The highest BCUT2D eigenvalue weighted by Crippen LogP contribution is 2.38. The number of carbonyl (C=O) groups is 4. The molecule has 2 atom stereocenters. The lowest BCUT2D eigenvalue weighted by atomic mass is 10.0. The minimum atomic E-state index is -1.39. The number of aryl methyl sites for hydroxylation is 4. The Balaban J connectivity index is 1.48. The number of hydrogen-bond acceptors (Lipinski definition) is 8. The number of azo groups is 2. The summed E-state index contributed by atoms with van der Waals surface area (Å²) >= 11 is 13.1. The third-order valence-corrected chi connectivity index (χ3v) is 7.97. The van der Waals surface area contributed by atoms with Crippen molar-refractivity contribution in [2.24, 2.45) is 20.5 Å². The molecule has 0 aliphatic heterocycles. The normalized spacial score (nSPS) is 12.6. The van der Waals surface area contributed by atoms with Crippen LogP contribution < -0.4 is 10.6 Å². The first-order valence-corrected chi connectivity index (χ1v) is 15.7. The number of halogens is 2. The van der Waals surface area contributed by atoms with Gasteiger partial charge in [-0.05, 0) is 106 Å². The van der Waals surface area contributed by atoms with E-state index in [9.17, 15) is 19.2 Å². The molecule has 0 bridgehead atoms. The van der Waals surface area contributed by atoms with E-state index in [1.165, 1.54) is 19.9 Å². The van der Waals surface area contributed by atoms with Crippen molar-refractivity contribution in [2.45, 2.75) is 53.6 Å². The van der Waals surface area contributed by atoms with E-state index in [4.69, 9.17) is 23.2 Å². The maximum absolute atomic E-state index is 12.9. The molecule has 0 aliphatic carbocycles. The standard InChI is InChI=1S/C36H34Cl2N6O4/c1-19-7-9-21(3)30(15-19)39-35(47)33(23(5)45)43-41-26-13-11-25(12-14-26)27-17-29(38)32(18-28(27)37)42-44-34(24(6)46)36(48)40-31-16-20(2)8-10-22(31)4/h7-18,33-34H,1-6H3,(H,39,47)(H,40,48). The van der Waals surface area contributed by atoms with E-state index in [1.54, 1.807) is 30.3 Å². The zero-order chi connectivity index (χ0) is 35.1. The van der Waals surface area contributed by atoms with Gasteiger partial charge in [0.2, 0.25) is 12.1 Å². The Morgan fingerprint density at radius 3 is 1.56 bits per heavy atom. The number of Topliss-reactive ketones (excluding diaryl/α,β-unsaturated/α-hetero) is 2. The second-order valence-corrected chi connectivity index (χ2v) is 12.2. The third-order valence-electron chi connectivity index (χ3n) is 7.35. The zero-order valence-corrected chi connectivity index (χ0v) is 28.8. The molecule has 12 heteroatoms. The molecule has 0 radical (unpaired) electrons. The van der Waals surface area contributed by atoms with E-state index in [0.29, 0.717) is 33.2 Å². The van der Waals surface area contributed by atoms with Crippen LogP contribution in [0.15, 0.2) is 93.3 Å². The number of carbonyl (C=O) groups excluding carboxylic acids is 4. The van der Waals surface area contributed by atoms with Crippen LogP contribution in [0.5, 0.6) is 0 Å². The Bertz CT molecular complexity index is 1960. The van der Waals surface area contributed by atoms with Crippen molar-refractivity contribution in [3.63, 3.8) is 0 Å². The van der Waals surface area contributed by atoms with Crippen LogP contribution in [0.2, 0.25) is 10.0 Å². The van der Waals surface area contributed by atoms with Gasteiger partial charge in [-0.2, -0.15) is 20.5 Å². The first-order valence-electron chi connectivity index (χ1n) is 14.9. The number of ketones is 2. The number of nitrogens with one attached hydrogen (secondary N) is 2. The van der Waals surface area contributed by atoms with Crippen LogP contribution >= 0.6 is 23.2 Å². The van der Waals surface area contributed by atoms with Crippen LogP contribution in [0.25, 0.3) is 11.1 Å². The molecule has 2 N–H and O–H groups in total. The highest BCUT2D eigenvalue weighted by atomic mass is 35.5. The highest BCUT2D eigenvalue weighted by Gasteiger charge is 2.25. The van der Waals surface area contributed by atoms with Crippen LogP contribution in [0.1, 0.15) is 36.1 Å². The van der Waals surface area contributed by atoms with Crippen LogP contribution in [-0.2, 0) is 19.2 Å². The number of hydrogen-bond donors (Lipinski definition) is 2. The van der Waals surface area contributed by atoms with Crippen molar-refractivity contribution < 1.29 is 19.2 Å². The topological polar surface area (TPSA) is 142 Å².